The van der Waals surface area contributed by atoms with Crippen molar-refractivity contribution in [2.45, 2.75) is 6.92 Å². The monoisotopic (exact) mass is 301 g/mol. The molecule has 4 nitrogen and oxygen atoms in total. The number of benzene rings is 1. The number of carbonyl (C=O) groups excluding carboxylic acids is 2. The normalized spacial score (nSPS) is 10.5. The van der Waals surface area contributed by atoms with E-state index in [4.69, 9.17) is 4.74 Å². The fourth-order valence-corrected chi connectivity index (χ4v) is 2.35. The van der Waals surface area contributed by atoms with E-state index in [2.05, 4.69) is 5.32 Å². The zero-order valence-electron chi connectivity index (χ0n) is 11.5. The second-order valence-electron chi connectivity index (χ2n) is 4.09. The van der Waals surface area contributed by atoms with Crippen molar-refractivity contribution in [2.75, 3.05) is 11.9 Å². The zero-order chi connectivity index (χ0) is 15.1. The quantitative estimate of drug-likeness (QED) is 0.502. The summed E-state index contributed by atoms with van der Waals surface area (Å²) in [6, 6.07) is 10.6. The molecule has 0 atom stereocenters. The number of thiophene rings is 1. The summed E-state index contributed by atoms with van der Waals surface area (Å²) >= 11 is 1.39. The Kier molecular flexibility index (Phi) is 5.29. The second kappa shape index (κ2) is 7.40. The summed E-state index contributed by atoms with van der Waals surface area (Å²) in [6.07, 6.45) is 2.97. The van der Waals surface area contributed by atoms with Gasteiger partial charge in [0.2, 0.25) is 0 Å². The van der Waals surface area contributed by atoms with E-state index in [1.807, 2.05) is 11.4 Å². The van der Waals surface area contributed by atoms with E-state index in [1.54, 1.807) is 37.3 Å². The first-order valence-electron chi connectivity index (χ1n) is 6.49. The molecule has 0 bridgehead atoms. The summed E-state index contributed by atoms with van der Waals surface area (Å²) < 4.78 is 4.99. The number of allylic oxidation sites excluding steroid dienone is 1. The van der Waals surface area contributed by atoms with E-state index < -0.39 is 5.97 Å². The molecule has 108 valence electrons. The highest BCUT2D eigenvalue weighted by Gasteiger charge is 2.10. The molecule has 0 aliphatic carbocycles. The van der Waals surface area contributed by atoms with E-state index in [-0.39, 0.29) is 5.78 Å². The van der Waals surface area contributed by atoms with E-state index in [0.717, 1.165) is 0 Å². The van der Waals surface area contributed by atoms with Gasteiger partial charge in [-0.2, -0.15) is 0 Å². The van der Waals surface area contributed by atoms with Gasteiger partial charge in [-0.1, -0.05) is 18.2 Å². The highest BCUT2D eigenvalue weighted by Crippen LogP contribution is 2.16. The minimum absolute atomic E-state index is 0.0777. The van der Waals surface area contributed by atoms with Gasteiger partial charge >= 0.3 is 5.97 Å². The lowest BCUT2D eigenvalue weighted by molar-refractivity contribution is 0.0527. The van der Waals surface area contributed by atoms with Gasteiger partial charge in [0, 0.05) is 12.3 Å². The van der Waals surface area contributed by atoms with Crippen molar-refractivity contribution in [1.29, 1.82) is 0 Å². The van der Waals surface area contributed by atoms with Crippen molar-refractivity contribution in [3.05, 3.63) is 64.5 Å². The maximum absolute atomic E-state index is 11.8. The van der Waals surface area contributed by atoms with Gasteiger partial charge in [-0.05, 0) is 30.5 Å². The highest BCUT2D eigenvalue weighted by atomic mass is 32.1. The summed E-state index contributed by atoms with van der Waals surface area (Å²) in [7, 11) is 0. The molecule has 0 amide bonds. The first kappa shape index (κ1) is 15.0. The SMILES string of the molecule is CCOC(=O)c1ccccc1N/C=C/C(=O)c1cccs1. The van der Waals surface area contributed by atoms with Crippen LogP contribution in [0.15, 0.2) is 54.1 Å². The minimum Gasteiger partial charge on any atom is -0.462 e. The van der Waals surface area contributed by atoms with Crippen LogP contribution in [-0.4, -0.2) is 18.4 Å². The molecule has 1 aromatic carbocycles. The van der Waals surface area contributed by atoms with Gasteiger partial charge in [-0.15, -0.1) is 11.3 Å². The Balaban J connectivity index is 2.06. The minimum atomic E-state index is -0.390. The predicted octanol–water partition coefficient (Wildman–Crippen LogP) is 3.73. The topological polar surface area (TPSA) is 55.4 Å². The van der Waals surface area contributed by atoms with Gasteiger partial charge in [0.1, 0.15) is 0 Å². The van der Waals surface area contributed by atoms with Gasteiger partial charge in [-0.3, -0.25) is 4.79 Å². The fourth-order valence-electron chi connectivity index (χ4n) is 1.70. The zero-order valence-corrected chi connectivity index (χ0v) is 12.4. The van der Waals surface area contributed by atoms with Gasteiger partial charge in [0.25, 0.3) is 0 Å². The molecule has 0 aliphatic heterocycles. The Labute approximate surface area is 127 Å². The van der Waals surface area contributed by atoms with Crippen LogP contribution in [0.4, 0.5) is 5.69 Å². The second-order valence-corrected chi connectivity index (χ2v) is 5.03. The largest absolute Gasteiger partial charge is 0.462 e. The molecule has 1 aromatic heterocycles. The molecule has 0 aliphatic rings. The summed E-state index contributed by atoms with van der Waals surface area (Å²) in [6.45, 7) is 2.08. The molecule has 0 spiro atoms. The molecule has 2 rings (SSSR count). The predicted molar refractivity (Wildman–Crippen MR) is 83.8 cm³/mol. The summed E-state index contributed by atoms with van der Waals surface area (Å²) in [5.41, 5.74) is 1.04. The summed E-state index contributed by atoms with van der Waals surface area (Å²) in [4.78, 5) is 24.3. The number of ether oxygens (including phenoxy) is 1. The molecular formula is C16H15NO3S. The van der Waals surface area contributed by atoms with E-state index >= 15 is 0 Å². The van der Waals surface area contributed by atoms with Gasteiger partial charge in [0.15, 0.2) is 5.78 Å². The number of anilines is 1. The van der Waals surface area contributed by atoms with Crippen LogP contribution in [0.25, 0.3) is 0 Å². The van der Waals surface area contributed by atoms with Gasteiger partial charge in [0.05, 0.1) is 22.7 Å². The third-order valence-corrected chi connectivity index (χ3v) is 3.54. The van der Waals surface area contributed by atoms with E-state index in [1.165, 1.54) is 23.6 Å². The molecule has 0 saturated heterocycles. The van der Waals surface area contributed by atoms with E-state index in [0.29, 0.717) is 22.7 Å². The Hall–Kier alpha value is -2.40. The Morgan fingerprint density at radius 1 is 1.24 bits per heavy atom. The average Bonchev–Trinajstić information content (AvgIpc) is 3.02. The Bertz CT molecular complexity index is 647. The standard InChI is InChI=1S/C16H15NO3S/c1-2-20-16(19)12-6-3-4-7-13(12)17-10-9-14(18)15-8-5-11-21-15/h3-11,17H,2H2,1H3/b10-9+. The van der Waals surface area contributed by atoms with Crippen LogP contribution in [0.2, 0.25) is 0 Å². The van der Waals surface area contributed by atoms with Crippen molar-refractivity contribution >= 4 is 28.8 Å². The molecular weight excluding hydrogens is 286 g/mol. The van der Waals surface area contributed by atoms with Crippen LogP contribution < -0.4 is 5.32 Å². The lowest BCUT2D eigenvalue weighted by atomic mass is 10.2. The fraction of sp³-hybridized carbons (Fsp3) is 0.125. The molecule has 5 heteroatoms. The highest BCUT2D eigenvalue weighted by molar-refractivity contribution is 7.12. The lowest BCUT2D eigenvalue weighted by Crippen LogP contribution is -2.07. The molecule has 0 radical (unpaired) electrons. The lowest BCUT2D eigenvalue weighted by Gasteiger charge is -2.07. The number of ketones is 1. The van der Waals surface area contributed by atoms with Crippen LogP contribution in [0.3, 0.4) is 0 Å². The van der Waals surface area contributed by atoms with Crippen molar-refractivity contribution in [3.8, 4) is 0 Å². The molecule has 0 fully saturated rings. The Morgan fingerprint density at radius 2 is 2.05 bits per heavy atom. The molecule has 0 unspecified atom stereocenters. The first-order chi connectivity index (χ1) is 10.2. The van der Waals surface area contributed by atoms with Gasteiger partial charge < -0.3 is 10.1 Å². The average molecular weight is 301 g/mol. The van der Waals surface area contributed by atoms with Crippen molar-refractivity contribution in [3.63, 3.8) is 0 Å². The molecule has 21 heavy (non-hydrogen) atoms. The van der Waals surface area contributed by atoms with Crippen LogP contribution in [0, 0.1) is 0 Å². The molecule has 1 N–H and O–H groups in total. The summed E-state index contributed by atoms with van der Waals surface area (Å²) in [5.74, 6) is -0.468. The first-order valence-corrected chi connectivity index (χ1v) is 7.37. The van der Waals surface area contributed by atoms with Crippen LogP contribution in [-0.2, 0) is 4.74 Å². The van der Waals surface area contributed by atoms with Crippen molar-refractivity contribution in [1.82, 2.24) is 0 Å². The van der Waals surface area contributed by atoms with Crippen molar-refractivity contribution < 1.29 is 14.3 Å². The maximum Gasteiger partial charge on any atom is 0.340 e. The number of hydrogen-bond donors (Lipinski definition) is 1. The number of carbonyl (C=O) groups is 2. The number of esters is 1. The third-order valence-electron chi connectivity index (χ3n) is 2.66. The third kappa shape index (κ3) is 4.03. The maximum atomic E-state index is 11.8. The number of nitrogens with one attached hydrogen (secondary N) is 1. The molecule has 0 saturated carbocycles. The smallest absolute Gasteiger partial charge is 0.340 e. The number of hydrogen-bond acceptors (Lipinski definition) is 5. The molecule has 2 aromatic rings. The van der Waals surface area contributed by atoms with E-state index in [9.17, 15) is 9.59 Å². The van der Waals surface area contributed by atoms with Crippen molar-refractivity contribution in [2.24, 2.45) is 0 Å². The number of rotatable bonds is 6. The number of para-hydroxylation sites is 1. The Morgan fingerprint density at radius 3 is 2.76 bits per heavy atom. The van der Waals surface area contributed by atoms with Crippen LogP contribution in [0.1, 0.15) is 27.0 Å². The van der Waals surface area contributed by atoms with Crippen LogP contribution in [0.5, 0.6) is 0 Å². The van der Waals surface area contributed by atoms with Gasteiger partial charge in [-0.25, -0.2) is 4.79 Å². The van der Waals surface area contributed by atoms with Crippen LogP contribution >= 0.6 is 11.3 Å². The molecule has 1 heterocycles. The summed E-state index contributed by atoms with van der Waals surface area (Å²) in [5, 5.41) is 4.80.